The number of hydrogen-bond acceptors (Lipinski definition) is 3. The van der Waals surface area contributed by atoms with Crippen molar-refractivity contribution in [2.75, 3.05) is 0 Å². The molecule has 0 aliphatic carbocycles. The van der Waals surface area contributed by atoms with Gasteiger partial charge in [0.15, 0.2) is 0 Å². The average Bonchev–Trinajstić information content (AvgIpc) is 2.36. The summed E-state index contributed by atoms with van der Waals surface area (Å²) in [6, 6.07) is 5.60. The van der Waals surface area contributed by atoms with Gasteiger partial charge in [0.25, 0.3) is 5.56 Å². The molecule has 1 aromatic heterocycles. The quantitative estimate of drug-likeness (QED) is 0.897. The number of aromatic hydroxyl groups is 1. The maximum Gasteiger partial charge on any atom is 0.331 e. The molecule has 0 spiro atoms. The van der Waals surface area contributed by atoms with Crippen molar-refractivity contribution in [1.29, 1.82) is 0 Å². The Bertz CT molecular complexity index is 747. The molecular weight excluding hydrogens is 263 g/mol. The van der Waals surface area contributed by atoms with Gasteiger partial charge in [0, 0.05) is 12.1 Å². The van der Waals surface area contributed by atoms with E-state index in [0.717, 1.165) is 4.57 Å². The van der Waals surface area contributed by atoms with Gasteiger partial charge in [0.1, 0.15) is 11.4 Å². The van der Waals surface area contributed by atoms with E-state index in [1.165, 1.54) is 18.2 Å². The van der Waals surface area contributed by atoms with E-state index in [2.05, 4.69) is 4.98 Å². The standard InChI is InChI=1S/C14H15FN2O3/c1-8(2)7-17-13(19)11(12(18)16-14(17)20)9-5-3-4-6-10(9)15/h3-6,8,19H,7H2,1-2H3,(H,16,18,20). The number of benzene rings is 1. The number of rotatable bonds is 3. The molecule has 0 atom stereocenters. The molecule has 0 radical (unpaired) electrons. The van der Waals surface area contributed by atoms with Crippen molar-refractivity contribution in [3.8, 4) is 17.0 Å². The number of H-pyrrole nitrogens is 1. The molecule has 5 nitrogen and oxygen atoms in total. The molecule has 2 aromatic rings. The van der Waals surface area contributed by atoms with E-state index in [-0.39, 0.29) is 23.6 Å². The fourth-order valence-corrected chi connectivity index (χ4v) is 2.00. The van der Waals surface area contributed by atoms with Crippen LogP contribution in [0.1, 0.15) is 13.8 Å². The van der Waals surface area contributed by atoms with Crippen molar-refractivity contribution < 1.29 is 9.50 Å². The Hall–Kier alpha value is -2.37. The summed E-state index contributed by atoms with van der Waals surface area (Å²) in [6.45, 7) is 3.95. The molecule has 20 heavy (non-hydrogen) atoms. The van der Waals surface area contributed by atoms with Gasteiger partial charge >= 0.3 is 5.69 Å². The molecule has 1 aromatic carbocycles. The maximum atomic E-state index is 13.8. The second kappa shape index (κ2) is 5.32. The zero-order valence-corrected chi connectivity index (χ0v) is 11.2. The summed E-state index contributed by atoms with van der Waals surface area (Å²) < 4.78 is 14.8. The highest BCUT2D eigenvalue weighted by Crippen LogP contribution is 2.26. The van der Waals surface area contributed by atoms with E-state index in [1.807, 2.05) is 13.8 Å². The van der Waals surface area contributed by atoms with Gasteiger partial charge in [0.2, 0.25) is 5.88 Å². The van der Waals surface area contributed by atoms with E-state index in [9.17, 15) is 19.1 Å². The first-order valence-corrected chi connectivity index (χ1v) is 6.22. The van der Waals surface area contributed by atoms with Crippen LogP contribution in [0.2, 0.25) is 0 Å². The molecule has 0 bridgehead atoms. The lowest BCUT2D eigenvalue weighted by Crippen LogP contribution is -2.32. The molecule has 0 aliphatic heterocycles. The molecule has 0 saturated carbocycles. The summed E-state index contributed by atoms with van der Waals surface area (Å²) in [6.07, 6.45) is 0. The zero-order valence-electron chi connectivity index (χ0n) is 11.2. The van der Waals surface area contributed by atoms with Gasteiger partial charge in [-0.15, -0.1) is 0 Å². The SMILES string of the molecule is CC(C)Cn1c(O)c(-c2ccccc2F)c(=O)[nH]c1=O. The van der Waals surface area contributed by atoms with Crippen LogP contribution in [0.25, 0.3) is 11.1 Å². The van der Waals surface area contributed by atoms with Crippen LogP contribution in [0.15, 0.2) is 33.9 Å². The van der Waals surface area contributed by atoms with Crippen molar-refractivity contribution in [3.05, 3.63) is 50.9 Å². The Kier molecular flexibility index (Phi) is 3.74. The molecule has 106 valence electrons. The third kappa shape index (κ3) is 2.49. The number of halogens is 1. The maximum absolute atomic E-state index is 13.8. The normalized spacial score (nSPS) is 11.0. The van der Waals surface area contributed by atoms with Gasteiger partial charge in [-0.05, 0) is 12.0 Å². The minimum absolute atomic E-state index is 0.0382. The van der Waals surface area contributed by atoms with Crippen molar-refractivity contribution in [1.82, 2.24) is 9.55 Å². The van der Waals surface area contributed by atoms with Crippen LogP contribution in [0.3, 0.4) is 0 Å². The largest absolute Gasteiger partial charge is 0.494 e. The molecule has 0 amide bonds. The van der Waals surface area contributed by atoms with E-state index < -0.39 is 22.9 Å². The van der Waals surface area contributed by atoms with Gasteiger partial charge in [0.05, 0.1) is 0 Å². The summed E-state index contributed by atoms with van der Waals surface area (Å²) >= 11 is 0. The monoisotopic (exact) mass is 278 g/mol. The highest BCUT2D eigenvalue weighted by molar-refractivity contribution is 5.67. The van der Waals surface area contributed by atoms with Gasteiger partial charge in [-0.2, -0.15) is 0 Å². The second-order valence-electron chi connectivity index (χ2n) is 4.94. The average molecular weight is 278 g/mol. The minimum atomic E-state index is -0.808. The smallest absolute Gasteiger partial charge is 0.331 e. The predicted octanol–water partition coefficient (Wildman–Crippen LogP) is 1.70. The second-order valence-corrected chi connectivity index (χ2v) is 4.94. The Morgan fingerprint density at radius 1 is 1.30 bits per heavy atom. The van der Waals surface area contributed by atoms with Crippen molar-refractivity contribution in [2.24, 2.45) is 5.92 Å². The lowest BCUT2D eigenvalue weighted by molar-refractivity contribution is 0.378. The minimum Gasteiger partial charge on any atom is -0.494 e. The number of hydrogen-bond donors (Lipinski definition) is 2. The fraction of sp³-hybridized carbons (Fsp3) is 0.286. The number of aromatic nitrogens is 2. The van der Waals surface area contributed by atoms with Crippen molar-refractivity contribution in [2.45, 2.75) is 20.4 Å². The number of nitrogens with one attached hydrogen (secondary N) is 1. The molecular formula is C14H15FN2O3. The summed E-state index contributed by atoms with van der Waals surface area (Å²) in [5.41, 5.74) is -1.79. The van der Waals surface area contributed by atoms with Crippen LogP contribution in [0, 0.1) is 11.7 Å². The van der Waals surface area contributed by atoms with Crippen LogP contribution >= 0.6 is 0 Å². The van der Waals surface area contributed by atoms with Crippen LogP contribution in [-0.4, -0.2) is 14.7 Å². The Morgan fingerprint density at radius 2 is 1.95 bits per heavy atom. The molecule has 6 heteroatoms. The topological polar surface area (TPSA) is 75.1 Å². The molecule has 0 fully saturated rings. The lowest BCUT2D eigenvalue weighted by atomic mass is 10.1. The molecule has 0 saturated heterocycles. The number of nitrogens with zero attached hydrogens (tertiary/aromatic N) is 1. The van der Waals surface area contributed by atoms with Crippen LogP contribution in [-0.2, 0) is 6.54 Å². The third-order valence-corrected chi connectivity index (χ3v) is 2.86. The Morgan fingerprint density at radius 3 is 2.55 bits per heavy atom. The van der Waals surface area contributed by atoms with E-state index in [0.29, 0.717) is 0 Å². The zero-order chi connectivity index (χ0) is 14.9. The Labute approximate surface area is 114 Å². The Balaban J connectivity index is 2.75. The van der Waals surface area contributed by atoms with Crippen molar-refractivity contribution >= 4 is 0 Å². The van der Waals surface area contributed by atoms with Gasteiger partial charge in [-0.1, -0.05) is 32.0 Å². The number of aromatic amines is 1. The first kappa shape index (κ1) is 14.0. The first-order chi connectivity index (χ1) is 9.41. The summed E-state index contributed by atoms with van der Waals surface area (Å²) in [4.78, 5) is 25.7. The summed E-state index contributed by atoms with van der Waals surface area (Å²) in [5, 5.41) is 10.2. The van der Waals surface area contributed by atoms with Crippen LogP contribution in [0.5, 0.6) is 5.88 Å². The lowest BCUT2D eigenvalue weighted by Gasteiger charge is -2.13. The van der Waals surface area contributed by atoms with E-state index in [4.69, 9.17) is 0 Å². The summed E-state index contributed by atoms with van der Waals surface area (Å²) in [5.74, 6) is -1.07. The van der Waals surface area contributed by atoms with Crippen LogP contribution in [0.4, 0.5) is 4.39 Å². The van der Waals surface area contributed by atoms with Gasteiger partial charge < -0.3 is 5.11 Å². The van der Waals surface area contributed by atoms with E-state index >= 15 is 0 Å². The summed E-state index contributed by atoms with van der Waals surface area (Å²) in [7, 11) is 0. The molecule has 0 unspecified atom stereocenters. The van der Waals surface area contributed by atoms with Gasteiger partial charge in [-0.25, -0.2) is 9.18 Å². The van der Waals surface area contributed by atoms with E-state index in [1.54, 1.807) is 6.07 Å². The van der Waals surface area contributed by atoms with Crippen LogP contribution < -0.4 is 11.2 Å². The molecule has 2 N–H and O–H groups in total. The highest BCUT2D eigenvalue weighted by atomic mass is 19.1. The first-order valence-electron chi connectivity index (χ1n) is 6.22. The van der Waals surface area contributed by atoms with Crippen molar-refractivity contribution in [3.63, 3.8) is 0 Å². The molecule has 2 rings (SSSR count). The third-order valence-electron chi connectivity index (χ3n) is 2.86. The molecule has 1 heterocycles. The predicted molar refractivity (Wildman–Crippen MR) is 73.2 cm³/mol. The molecule has 0 aliphatic rings. The fourth-order valence-electron chi connectivity index (χ4n) is 2.00. The van der Waals surface area contributed by atoms with Gasteiger partial charge in [-0.3, -0.25) is 14.3 Å². The highest BCUT2D eigenvalue weighted by Gasteiger charge is 2.18.